The Bertz CT molecular complexity index is 508. The Balaban J connectivity index is 1.99. The Morgan fingerprint density at radius 2 is 2.05 bits per heavy atom. The van der Waals surface area contributed by atoms with Crippen molar-refractivity contribution < 1.29 is 4.52 Å². The van der Waals surface area contributed by atoms with Crippen LogP contribution >= 0.6 is 11.8 Å². The van der Waals surface area contributed by atoms with Gasteiger partial charge in [0, 0.05) is 22.9 Å². The van der Waals surface area contributed by atoms with E-state index in [0.717, 1.165) is 24.8 Å². The fourth-order valence-electron chi connectivity index (χ4n) is 1.79. The summed E-state index contributed by atoms with van der Waals surface area (Å²) in [5.74, 6) is 1.34. The Morgan fingerprint density at radius 1 is 1.32 bits per heavy atom. The highest BCUT2D eigenvalue weighted by Gasteiger charge is 2.08. The molecule has 0 aliphatic rings. The maximum absolute atomic E-state index is 5.71. The van der Waals surface area contributed by atoms with Gasteiger partial charge in [0.05, 0.1) is 0 Å². The number of nitrogens with two attached hydrogens (primary N) is 1. The van der Waals surface area contributed by atoms with Crippen molar-refractivity contribution in [1.82, 2.24) is 10.1 Å². The first-order valence-electron chi connectivity index (χ1n) is 6.41. The van der Waals surface area contributed by atoms with Crippen LogP contribution in [-0.2, 0) is 6.42 Å². The zero-order valence-electron chi connectivity index (χ0n) is 11.3. The third-order valence-corrected chi connectivity index (χ3v) is 3.61. The topological polar surface area (TPSA) is 64.9 Å². The Kier molecular flexibility index (Phi) is 4.99. The average molecular weight is 277 g/mol. The van der Waals surface area contributed by atoms with E-state index in [1.54, 1.807) is 11.8 Å². The first kappa shape index (κ1) is 14.1. The van der Waals surface area contributed by atoms with E-state index >= 15 is 0 Å². The highest BCUT2D eigenvalue weighted by molar-refractivity contribution is 7.98. The summed E-state index contributed by atoms with van der Waals surface area (Å²) in [4.78, 5) is 5.63. The van der Waals surface area contributed by atoms with Crippen LogP contribution in [0.25, 0.3) is 11.4 Å². The molecule has 4 nitrogen and oxygen atoms in total. The van der Waals surface area contributed by atoms with Gasteiger partial charge in [-0.2, -0.15) is 4.98 Å². The summed E-state index contributed by atoms with van der Waals surface area (Å²) in [6.07, 6.45) is 4.79. The van der Waals surface area contributed by atoms with E-state index in [-0.39, 0.29) is 6.04 Å². The first-order chi connectivity index (χ1) is 9.19. The number of hydrogen-bond donors (Lipinski definition) is 1. The second-order valence-electron chi connectivity index (χ2n) is 4.61. The molecule has 0 aliphatic heterocycles. The van der Waals surface area contributed by atoms with Gasteiger partial charge in [-0.15, -0.1) is 11.8 Å². The molecule has 1 unspecified atom stereocenters. The molecule has 0 bridgehead atoms. The number of aromatic nitrogens is 2. The fourth-order valence-corrected chi connectivity index (χ4v) is 2.20. The van der Waals surface area contributed by atoms with E-state index in [4.69, 9.17) is 10.3 Å². The molecule has 0 radical (unpaired) electrons. The predicted octanol–water partition coefficient (Wildman–Crippen LogP) is 3.13. The molecular weight excluding hydrogens is 258 g/mol. The van der Waals surface area contributed by atoms with Gasteiger partial charge in [0.1, 0.15) is 0 Å². The van der Waals surface area contributed by atoms with E-state index in [9.17, 15) is 0 Å². The lowest BCUT2D eigenvalue weighted by atomic mass is 10.1. The Morgan fingerprint density at radius 3 is 2.68 bits per heavy atom. The fraction of sp³-hybridized carbons (Fsp3) is 0.429. The average Bonchev–Trinajstić information content (AvgIpc) is 2.87. The highest BCUT2D eigenvalue weighted by atomic mass is 32.2. The van der Waals surface area contributed by atoms with Gasteiger partial charge in [-0.3, -0.25) is 0 Å². The van der Waals surface area contributed by atoms with E-state index < -0.39 is 0 Å². The summed E-state index contributed by atoms with van der Waals surface area (Å²) < 4.78 is 5.25. The summed E-state index contributed by atoms with van der Waals surface area (Å²) in [6, 6.07) is 8.38. The normalized spacial score (nSPS) is 12.6. The predicted molar refractivity (Wildman–Crippen MR) is 78.1 cm³/mol. The number of thioether (sulfide) groups is 1. The molecule has 1 aromatic carbocycles. The van der Waals surface area contributed by atoms with Crippen LogP contribution in [0.15, 0.2) is 33.7 Å². The summed E-state index contributed by atoms with van der Waals surface area (Å²) in [7, 11) is 0. The molecule has 19 heavy (non-hydrogen) atoms. The molecule has 0 fully saturated rings. The standard InChI is InChI=1S/C14H19N3OS/c1-10(15)4-3-5-13-16-14(17-18-13)11-6-8-12(19-2)9-7-11/h6-10H,3-5,15H2,1-2H3. The minimum Gasteiger partial charge on any atom is -0.339 e. The van der Waals surface area contributed by atoms with Crippen molar-refractivity contribution in [2.75, 3.05) is 6.26 Å². The van der Waals surface area contributed by atoms with Crippen LogP contribution in [-0.4, -0.2) is 22.4 Å². The van der Waals surface area contributed by atoms with E-state index in [0.29, 0.717) is 11.7 Å². The molecule has 5 heteroatoms. The minimum absolute atomic E-state index is 0.224. The van der Waals surface area contributed by atoms with Crippen molar-refractivity contribution in [3.8, 4) is 11.4 Å². The third-order valence-electron chi connectivity index (χ3n) is 2.87. The van der Waals surface area contributed by atoms with E-state index in [2.05, 4.69) is 28.5 Å². The van der Waals surface area contributed by atoms with Gasteiger partial charge in [-0.1, -0.05) is 5.16 Å². The molecule has 2 rings (SSSR count). The quantitative estimate of drug-likeness (QED) is 0.822. The second kappa shape index (κ2) is 6.73. The maximum atomic E-state index is 5.71. The lowest BCUT2D eigenvalue weighted by Crippen LogP contribution is -2.14. The van der Waals surface area contributed by atoms with Crippen molar-refractivity contribution in [2.45, 2.75) is 37.1 Å². The molecule has 1 atom stereocenters. The van der Waals surface area contributed by atoms with Gasteiger partial charge >= 0.3 is 0 Å². The SMILES string of the molecule is CSc1ccc(-c2noc(CCCC(C)N)n2)cc1. The van der Waals surface area contributed by atoms with Gasteiger partial charge in [0.2, 0.25) is 11.7 Å². The van der Waals surface area contributed by atoms with Crippen LogP contribution in [0.5, 0.6) is 0 Å². The Hall–Kier alpha value is -1.33. The molecule has 0 spiro atoms. The zero-order valence-corrected chi connectivity index (χ0v) is 12.1. The number of hydrogen-bond acceptors (Lipinski definition) is 5. The summed E-state index contributed by atoms with van der Waals surface area (Å²) in [5, 5.41) is 4.02. The van der Waals surface area contributed by atoms with Gasteiger partial charge in [0.25, 0.3) is 0 Å². The van der Waals surface area contributed by atoms with Crippen LogP contribution in [0.1, 0.15) is 25.7 Å². The summed E-state index contributed by atoms with van der Waals surface area (Å²) in [6.45, 7) is 2.01. The van der Waals surface area contributed by atoms with Crippen molar-refractivity contribution in [3.05, 3.63) is 30.2 Å². The van der Waals surface area contributed by atoms with E-state index in [1.165, 1.54) is 4.90 Å². The number of nitrogens with zero attached hydrogens (tertiary/aromatic N) is 2. The summed E-state index contributed by atoms with van der Waals surface area (Å²) in [5.41, 5.74) is 6.70. The van der Waals surface area contributed by atoms with Gasteiger partial charge in [-0.05, 0) is 50.3 Å². The lowest BCUT2D eigenvalue weighted by Gasteiger charge is -2.00. The monoisotopic (exact) mass is 277 g/mol. The number of aryl methyl sites for hydroxylation is 1. The van der Waals surface area contributed by atoms with Crippen molar-refractivity contribution >= 4 is 11.8 Å². The number of rotatable bonds is 6. The molecule has 0 saturated heterocycles. The maximum Gasteiger partial charge on any atom is 0.226 e. The second-order valence-corrected chi connectivity index (χ2v) is 5.49. The summed E-state index contributed by atoms with van der Waals surface area (Å²) >= 11 is 1.72. The van der Waals surface area contributed by atoms with Crippen LogP contribution in [0, 0.1) is 0 Å². The lowest BCUT2D eigenvalue weighted by molar-refractivity contribution is 0.373. The molecule has 2 N–H and O–H groups in total. The molecule has 0 amide bonds. The molecule has 0 saturated carbocycles. The van der Waals surface area contributed by atoms with E-state index in [1.807, 2.05) is 19.1 Å². The highest BCUT2D eigenvalue weighted by Crippen LogP contribution is 2.21. The molecule has 1 heterocycles. The van der Waals surface area contributed by atoms with Crippen molar-refractivity contribution in [3.63, 3.8) is 0 Å². The van der Waals surface area contributed by atoms with Gasteiger partial charge in [0.15, 0.2) is 0 Å². The van der Waals surface area contributed by atoms with Crippen LogP contribution in [0.4, 0.5) is 0 Å². The van der Waals surface area contributed by atoms with Gasteiger partial charge < -0.3 is 10.3 Å². The minimum atomic E-state index is 0.224. The van der Waals surface area contributed by atoms with Crippen molar-refractivity contribution in [1.29, 1.82) is 0 Å². The first-order valence-corrected chi connectivity index (χ1v) is 7.64. The van der Waals surface area contributed by atoms with Gasteiger partial charge in [-0.25, -0.2) is 0 Å². The molecule has 2 aromatic rings. The molecule has 0 aliphatic carbocycles. The van der Waals surface area contributed by atoms with Crippen LogP contribution < -0.4 is 5.73 Å². The Labute approximate surface area is 117 Å². The van der Waals surface area contributed by atoms with Crippen LogP contribution in [0.3, 0.4) is 0 Å². The molecular formula is C14H19N3OS. The molecule has 1 aromatic heterocycles. The largest absolute Gasteiger partial charge is 0.339 e. The smallest absolute Gasteiger partial charge is 0.226 e. The number of benzene rings is 1. The van der Waals surface area contributed by atoms with Crippen LogP contribution in [0.2, 0.25) is 0 Å². The zero-order chi connectivity index (χ0) is 13.7. The van der Waals surface area contributed by atoms with Crippen molar-refractivity contribution in [2.24, 2.45) is 5.73 Å². The molecule has 102 valence electrons. The third kappa shape index (κ3) is 4.08.